The molecule has 0 atom stereocenters. The molecule has 1 heterocycles. The fourth-order valence-corrected chi connectivity index (χ4v) is 3.70. The average molecular weight is 292 g/mol. The molecule has 0 aliphatic carbocycles. The predicted molar refractivity (Wildman–Crippen MR) is 74.1 cm³/mol. The van der Waals surface area contributed by atoms with Gasteiger partial charge in [-0.2, -0.15) is 17.0 Å². The number of amides is 2. The standard InChI is InChI=1S/C11H24N4O3S/c1-4-12-11(16)13-7-9-15(10-8-13)19(17,18)14(5-2)6-3/h4-10H2,1-3H3,(H,12,16). The zero-order valence-corrected chi connectivity index (χ0v) is 12.7. The third kappa shape index (κ3) is 3.80. The molecule has 19 heavy (non-hydrogen) atoms. The molecule has 1 fully saturated rings. The van der Waals surface area contributed by atoms with Crippen LogP contribution in [0.5, 0.6) is 0 Å². The molecule has 8 heteroatoms. The smallest absolute Gasteiger partial charge is 0.317 e. The Morgan fingerprint density at radius 3 is 2.05 bits per heavy atom. The van der Waals surface area contributed by atoms with Crippen molar-refractivity contribution in [3.05, 3.63) is 0 Å². The molecule has 0 saturated carbocycles. The van der Waals surface area contributed by atoms with Crippen LogP contribution in [0.4, 0.5) is 4.79 Å². The molecule has 112 valence electrons. The SMILES string of the molecule is CCNC(=O)N1CCN(S(=O)(=O)N(CC)CC)CC1. The lowest BCUT2D eigenvalue weighted by molar-refractivity contribution is 0.170. The number of urea groups is 1. The number of nitrogens with zero attached hydrogens (tertiary/aromatic N) is 3. The van der Waals surface area contributed by atoms with Crippen molar-refractivity contribution >= 4 is 16.2 Å². The summed E-state index contributed by atoms with van der Waals surface area (Å²) in [6.07, 6.45) is 0. The number of nitrogens with one attached hydrogen (secondary N) is 1. The van der Waals surface area contributed by atoms with E-state index >= 15 is 0 Å². The lowest BCUT2D eigenvalue weighted by atomic mass is 10.4. The van der Waals surface area contributed by atoms with Crippen LogP contribution in [0.15, 0.2) is 0 Å². The Balaban J connectivity index is 2.61. The van der Waals surface area contributed by atoms with Gasteiger partial charge in [-0.25, -0.2) is 4.79 Å². The number of carbonyl (C=O) groups is 1. The molecule has 1 N–H and O–H groups in total. The first-order valence-electron chi connectivity index (χ1n) is 6.75. The summed E-state index contributed by atoms with van der Waals surface area (Å²) >= 11 is 0. The van der Waals surface area contributed by atoms with Crippen LogP contribution in [-0.4, -0.2) is 73.8 Å². The highest BCUT2D eigenvalue weighted by molar-refractivity contribution is 7.86. The zero-order chi connectivity index (χ0) is 14.5. The first-order chi connectivity index (χ1) is 8.97. The van der Waals surface area contributed by atoms with Crippen LogP contribution in [0.1, 0.15) is 20.8 Å². The van der Waals surface area contributed by atoms with Gasteiger partial charge in [0.15, 0.2) is 0 Å². The van der Waals surface area contributed by atoms with E-state index in [-0.39, 0.29) is 6.03 Å². The fourth-order valence-electron chi connectivity index (χ4n) is 2.10. The quantitative estimate of drug-likeness (QED) is 0.770. The number of rotatable bonds is 5. The van der Waals surface area contributed by atoms with Gasteiger partial charge in [-0.3, -0.25) is 0 Å². The molecule has 7 nitrogen and oxygen atoms in total. The van der Waals surface area contributed by atoms with Crippen molar-refractivity contribution in [1.29, 1.82) is 0 Å². The van der Waals surface area contributed by atoms with Gasteiger partial charge in [0, 0.05) is 45.8 Å². The Bertz CT molecular complexity index is 387. The Hall–Kier alpha value is -0.860. The highest BCUT2D eigenvalue weighted by Gasteiger charge is 2.31. The third-order valence-corrected chi connectivity index (χ3v) is 5.40. The number of hydrogen-bond donors (Lipinski definition) is 1. The van der Waals surface area contributed by atoms with Crippen molar-refractivity contribution < 1.29 is 13.2 Å². The van der Waals surface area contributed by atoms with Gasteiger partial charge >= 0.3 is 6.03 Å². The van der Waals surface area contributed by atoms with Crippen LogP contribution in [0.25, 0.3) is 0 Å². The molecule has 2 amide bonds. The summed E-state index contributed by atoms with van der Waals surface area (Å²) in [5.41, 5.74) is 0. The van der Waals surface area contributed by atoms with Crippen molar-refractivity contribution in [2.75, 3.05) is 45.8 Å². The van der Waals surface area contributed by atoms with Crippen LogP contribution in [0.2, 0.25) is 0 Å². The maximum Gasteiger partial charge on any atom is 0.317 e. The molecule has 0 bridgehead atoms. The van der Waals surface area contributed by atoms with E-state index in [4.69, 9.17) is 0 Å². The van der Waals surface area contributed by atoms with Gasteiger partial charge in [-0.05, 0) is 6.92 Å². The van der Waals surface area contributed by atoms with E-state index in [2.05, 4.69) is 5.32 Å². The topological polar surface area (TPSA) is 73.0 Å². The van der Waals surface area contributed by atoms with E-state index in [1.807, 2.05) is 20.8 Å². The highest BCUT2D eigenvalue weighted by atomic mass is 32.2. The summed E-state index contributed by atoms with van der Waals surface area (Å²) in [5.74, 6) is 0. The molecule has 0 aromatic carbocycles. The van der Waals surface area contributed by atoms with E-state index in [1.54, 1.807) is 4.90 Å². The van der Waals surface area contributed by atoms with Crippen LogP contribution in [0.3, 0.4) is 0 Å². The predicted octanol–water partition coefficient (Wildman–Crippen LogP) is -0.0799. The molecule has 1 rings (SSSR count). The molecule has 1 aliphatic heterocycles. The molecule has 0 aromatic rings. The normalized spacial score (nSPS) is 17.8. The summed E-state index contributed by atoms with van der Waals surface area (Å²) in [7, 11) is -3.38. The minimum atomic E-state index is -3.38. The molecular weight excluding hydrogens is 268 g/mol. The largest absolute Gasteiger partial charge is 0.338 e. The van der Waals surface area contributed by atoms with Crippen LogP contribution in [0, 0.1) is 0 Å². The number of carbonyl (C=O) groups excluding carboxylic acids is 1. The highest BCUT2D eigenvalue weighted by Crippen LogP contribution is 2.12. The van der Waals surface area contributed by atoms with E-state index < -0.39 is 10.2 Å². The van der Waals surface area contributed by atoms with Gasteiger partial charge in [0.1, 0.15) is 0 Å². The summed E-state index contributed by atoms with van der Waals surface area (Å²) in [5, 5.41) is 2.72. The second kappa shape index (κ2) is 7.06. The van der Waals surface area contributed by atoms with E-state index in [9.17, 15) is 13.2 Å². The van der Waals surface area contributed by atoms with Crippen molar-refractivity contribution in [3.8, 4) is 0 Å². The first kappa shape index (κ1) is 16.2. The van der Waals surface area contributed by atoms with Crippen molar-refractivity contribution in [2.45, 2.75) is 20.8 Å². The Kier molecular flexibility index (Phi) is 6.02. The Labute approximate surface area is 115 Å². The van der Waals surface area contributed by atoms with Crippen molar-refractivity contribution in [3.63, 3.8) is 0 Å². The summed E-state index contributed by atoms with van der Waals surface area (Å²) < 4.78 is 27.5. The molecule has 0 aromatic heterocycles. The molecule has 0 radical (unpaired) electrons. The van der Waals surface area contributed by atoms with Gasteiger partial charge in [-0.15, -0.1) is 0 Å². The van der Waals surface area contributed by atoms with Crippen LogP contribution < -0.4 is 5.32 Å². The lowest BCUT2D eigenvalue weighted by Crippen LogP contribution is -2.55. The van der Waals surface area contributed by atoms with E-state index in [0.717, 1.165) is 0 Å². The van der Waals surface area contributed by atoms with Crippen molar-refractivity contribution in [2.24, 2.45) is 0 Å². The Morgan fingerprint density at radius 1 is 1.11 bits per heavy atom. The van der Waals surface area contributed by atoms with E-state index in [0.29, 0.717) is 45.8 Å². The van der Waals surface area contributed by atoms with Gasteiger partial charge < -0.3 is 10.2 Å². The third-order valence-electron chi connectivity index (χ3n) is 3.21. The second-order valence-corrected chi connectivity index (χ2v) is 6.24. The molecule has 0 unspecified atom stereocenters. The maximum absolute atomic E-state index is 12.3. The molecule has 0 spiro atoms. The summed E-state index contributed by atoms with van der Waals surface area (Å²) in [6.45, 7) is 8.61. The first-order valence-corrected chi connectivity index (χ1v) is 8.15. The fraction of sp³-hybridized carbons (Fsp3) is 0.909. The monoisotopic (exact) mass is 292 g/mol. The minimum absolute atomic E-state index is 0.123. The maximum atomic E-state index is 12.3. The van der Waals surface area contributed by atoms with Crippen LogP contribution in [-0.2, 0) is 10.2 Å². The zero-order valence-electron chi connectivity index (χ0n) is 11.9. The molecule has 1 saturated heterocycles. The van der Waals surface area contributed by atoms with Gasteiger partial charge in [0.2, 0.25) is 0 Å². The van der Waals surface area contributed by atoms with Gasteiger partial charge in [0.25, 0.3) is 10.2 Å². The second-order valence-electron chi connectivity index (χ2n) is 4.31. The van der Waals surface area contributed by atoms with Gasteiger partial charge in [-0.1, -0.05) is 13.8 Å². The number of piperazine rings is 1. The Morgan fingerprint density at radius 2 is 1.63 bits per heavy atom. The average Bonchev–Trinajstić information content (AvgIpc) is 2.40. The molecule has 1 aliphatic rings. The van der Waals surface area contributed by atoms with Crippen LogP contribution >= 0.6 is 0 Å². The van der Waals surface area contributed by atoms with Gasteiger partial charge in [0.05, 0.1) is 0 Å². The van der Waals surface area contributed by atoms with Crippen molar-refractivity contribution in [1.82, 2.24) is 18.8 Å². The minimum Gasteiger partial charge on any atom is -0.338 e. The lowest BCUT2D eigenvalue weighted by Gasteiger charge is -2.36. The van der Waals surface area contributed by atoms with E-state index in [1.165, 1.54) is 8.61 Å². The summed E-state index contributed by atoms with van der Waals surface area (Å²) in [4.78, 5) is 13.3. The summed E-state index contributed by atoms with van der Waals surface area (Å²) in [6, 6.07) is -0.123. The molecular formula is C11H24N4O3S. The number of hydrogen-bond acceptors (Lipinski definition) is 3.